The zero-order valence-corrected chi connectivity index (χ0v) is 20.3. The van der Waals surface area contributed by atoms with Crippen molar-refractivity contribution >= 4 is 38.9 Å². The predicted octanol–water partition coefficient (Wildman–Crippen LogP) is 3.99. The van der Waals surface area contributed by atoms with Crippen LogP contribution in [0.4, 0.5) is 5.69 Å². The number of thiazole rings is 1. The van der Waals surface area contributed by atoms with Crippen LogP contribution in [0.2, 0.25) is 0 Å². The average molecular weight is 488 g/mol. The van der Waals surface area contributed by atoms with Gasteiger partial charge in [-0.3, -0.25) is 4.79 Å². The Morgan fingerprint density at radius 3 is 2.24 bits per heavy atom. The Bertz CT molecular complexity index is 1240. The highest BCUT2D eigenvalue weighted by molar-refractivity contribution is 7.89. The van der Waals surface area contributed by atoms with Crippen LogP contribution in [0.1, 0.15) is 36.1 Å². The molecule has 8 nitrogen and oxygen atoms in total. The van der Waals surface area contributed by atoms with Crippen LogP contribution in [0.25, 0.3) is 10.6 Å². The van der Waals surface area contributed by atoms with Crippen molar-refractivity contribution in [2.45, 2.75) is 44.7 Å². The van der Waals surface area contributed by atoms with Gasteiger partial charge in [0.1, 0.15) is 9.88 Å². The fourth-order valence-electron chi connectivity index (χ4n) is 2.90. The zero-order chi connectivity index (χ0) is 24.2. The summed E-state index contributed by atoms with van der Waals surface area (Å²) in [4.78, 5) is 30.0. The monoisotopic (exact) mass is 487 g/mol. The number of hydrogen-bond donors (Lipinski definition) is 2. The second-order valence-corrected chi connectivity index (χ2v) is 10.3. The lowest BCUT2D eigenvalue weighted by atomic mass is 10.2. The molecule has 174 valence electrons. The molecule has 0 bridgehead atoms. The molecule has 3 rings (SSSR count). The van der Waals surface area contributed by atoms with Gasteiger partial charge in [-0.15, -0.1) is 11.3 Å². The summed E-state index contributed by atoms with van der Waals surface area (Å²) in [6.45, 7) is 6.64. The van der Waals surface area contributed by atoms with E-state index in [9.17, 15) is 18.0 Å². The summed E-state index contributed by atoms with van der Waals surface area (Å²) in [6, 6.07) is 15.0. The molecule has 1 heterocycles. The molecule has 33 heavy (non-hydrogen) atoms. The van der Waals surface area contributed by atoms with E-state index >= 15 is 0 Å². The molecule has 1 atom stereocenters. The number of sulfonamides is 1. The minimum atomic E-state index is -3.63. The molecule has 0 fully saturated rings. The Morgan fingerprint density at radius 1 is 1.00 bits per heavy atom. The van der Waals surface area contributed by atoms with Crippen LogP contribution in [-0.4, -0.2) is 37.4 Å². The summed E-state index contributed by atoms with van der Waals surface area (Å²) in [5.41, 5.74) is 1.81. The third kappa shape index (κ3) is 6.25. The van der Waals surface area contributed by atoms with Gasteiger partial charge in [-0.2, -0.15) is 0 Å². The minimum Gasteiger partial charge on any atom is -0.448 e. The van der Waals surface area contributed by atoms with Gasteiger partial charge in [0.2, 0.25) is 10.0 Å². The van der Waals surface area contributed by atoms with E-state index in [4.69, 9.17) is 4.74 Å². The highest BCUT2D eigenvalue weighted by atomic mass is 32.2. The second kappa shape index (κ2) is 10.2. The van der Waals surface area contributed by atoms with Crippen LogP contribution in [0.15, 0.2) is 59.5 Å². The fraction of sp³-hybridized carbons (Fsp3) is 0.261. The zero-order valence-electron chi connectivity index (χ0n) is 18.7. The van der Waals surface area contributed by atoms with Gasteiger partial charge in [-0.25, -0.2) is 22.9 Å². The molecule has 2 aromatic carbocycles. The maximum Gasteiger partial charge on any atom is 0.351 e. The molecule has 0 radical (unpaired) electrons. The molecule has 0 unspecified atom stereocenters. The van der Waals surface area contributed by atoms with E-state index in [1.54, 1.807) is 20.8 Å². The topological polar surface area (TPSA) is 114 Å². The van der Waals surface area contributed by atoms with E-state index in [2.05, 4.69) is 15.0 Å². The number of nitrogens with zero attached hydrogens (tertiary/aromatic N) is 1. The SMILES string of the molecule is Cc1nc(-c2ccccc2)sc1C(=O)O[C@@H](C)C(=O)Nc1ccc(S(=O)(=O)NC(C)C)cc1. The number of anilines is 1. The number of esters is 1. The number of carbonyl (C=O) groups is 2. The first kappa shape index (κ1) is 24.6. The maximum atomic E-state index is 12.6. The number of rotatable bonds is 8. The van der Waals surface area contributed by atoms with Crippen molar-refractivity contribution in [1.29, 1.82) is 0 Å². The predicted molar refractivity (Wildman–Crippen MR) is 128 cm³/mol. The largest absolute Gasteiger partial charge is 0.448 e. The molecular formula is C23H25N3O5S2. The smallest absolute Gasteiger partial charge is 0.351 e. The third-order valence-electron chi connectivity index (χ3n) is 4.48. The number of hydrogen-bond acceptors (Lipinski definition) is 7. The molecular weight excluding hydrogens is 462 g/mol. The number of carbonyl (C=O) groups excluding carboxylic acids is 2. The summed E-state index contributed by atoms with van der Waals surface area (Å²) < 4.78 is 32.2. The van der Waals surface area contributed by atoms with Crippen LogP contribution < -0.4 is 10.0 Å². The quantitative estimate of drug-likeness (QED) is 0.465. The summed E-state index contributed by atoms with van der Waals surface area (Å²) in [6.07, 6.45) is -1.06. The second-order valence-electron chi connectivity index (χ2n) is 7.64. The number of nitrogens with one attached hydrogen (secondary N) is 2. The Morgan fingerprint density at radius 2 is 1.64 bits per heavy atom. The summed E-state index contributed by atoms with van der Waals surface area (Å²) in [7, 11) is -3.63. The number of aryl methyl sites for hydroxylation is 1. The van der Waals surface area contributed by atoms with Crippen molar-refractivity contribution in [3.63, 3.8) is 0 Å². The number of ether oxygens (including phenoxy) is 1. The van der Waals surface area contributed by atoms with Crippen LogP contribution >= 0.6 is 11.3 Å². The van der Waals surface area contributed by atoms with Crippen molar-refractivity contribution < 1.29 is 22.7 Å². The molecule has 10 heteroatoms. The molecule has 0 saturated heterocycles. The molecule has 1 aromatic heterocycles. The number of aromatic nitrogens is 1. The first-order valence-electron chi connectivity index (χ1n) is 10.2. The van der Waals surface area contributed by atoms with Crippen molar-refractivity contribution in [2.75, 3.05) is 5.32 Å². The molecule has 0 aliphatic rings. The number of amides is 1. The van der Waals surface area contributed by atoms with Gasteiger partial charge in [0.15, 0.2) is 6.10 Å². The molecule has 0 aliphatic carbocycles. The lowest BCUT2D eigenvalue weighted by Crippen LogP contribution is -2.30. The van der Waals surface area contributed by atoms with E-state index < -0.39 is 28.0 Å². The van der Waals surface area contributed by atoms with E-state index in [1.165, 1.54) is 42.5 Å². The molecule has 3 aromatic rings. The maximum absolute atomic E-state index is 12.6. The van der Waals surface area contributed by atoms with Gasteiger partial charge >= 0.3 is 5.97 Å². The van der Waals surface area contributed by atoms with Gasteiger partial charge in [-0.05, 0) is 52.0 Å². The summed E-state index contributed by atoms with van der Waals surface area (Å²) in [5, 5.41) is 3.31. The first-order valence-corrected chi connectivity index (χ1v) is 12.5. The number of benzene rings is 2. The molecule has 0 spiro atoms. The van der Waals surface area contributed by atoms with Crippen molar-refractivity contribution in [3.05, 3.63) is 65.2 Å². The van der Waals surface area contributed by atoms with E-state index in [1.807, 2.05) is 30.3 Å². The van der Waals surface area contributed by atoms with Gasteiger partial charge < -0.3 is 10.1 Å². The summed E-state index contributed by atoms with van der Waals surface area (Å²) >= 11 is 1.21. The normalized spacial score (nSPS) is 12.4. The fourth-order valence-corrected chi connectivity index (χ4v) is 5.10. The van der Waals surface area contributed by atoms with Gasteiger partial charge in [0.25, 0.3) is 5.91 Å². The van der Waals surface area contributed by atoms with Gasteiger partial charge in [-0.1, -0.05) is 30.3 Å². The van der Waals surface area contributed by atoms with Gasteiger partial charge in [0, 0.05) is 17.3 Å². The standard InChI is InChI=1S/C23H25N3O5S2/c1-14(2)26-33(29,30)19-12-10-18(11-13-19)25-21(27)16(4)31-23(28)20-15(3)24-22(32-20)17-8-6-5-7-9-17/h5-14,16,26H,1-4H3,(H,25,27)/t16-/m0/s1. The Balaban J connectivity index is 1.63. The van der Waals surface area contributed by atoms with Crippen LogP contribution in [0, 0.1) is 6.92 Å². The Hall–Kier alpha value is -3.08. The highest BCUT2D eigenvalue weighted by Gasteiger charge is 2.23. The summed E-state index contributed by atoms with van der Waals surface area (Å²) in [5.74, 6) is -1.17. The lowest BCUT2D eigenvalue weighted by molar-refractivity contribution is -0.123. The molecule has 0 aliphatic heterocycles. The van der Waals surface area contributed by atoms with E-state index in [0.717, 1.165) is 5.56 Å². The van der Waals surface area contributed by atoms with Crippen molar-refractivity contribution in [1.82, 2.24) is 9.71 Å². The van der Waals surface area contributed by atoms with E-state index in [0.29, 0.717) is 21.3 Å². The van der Waals surface area contributed by atoms with Crippen LogP contribution in [0.3, 0.4) is 0 Å². The van der Waals surface area contributed by atoms with Gasteiger partial charge in [0.05, 0.1) is 10.6 Å². The van der Waals surface area contributed by atoms with Crippen LogP contribution in [-0.2, 0) is 19.6 Å². The van der Waals surface area contributed by atoms with Crippen molar-refractivity contribution in [3.8, 4) is 10.6 Å². The molecule has 0 saturated carbocycles. The Labute approximate surface area is 197 Å². The lowest BCUT2D eigenvalue weighted by Gasteiger charge is -2.14. The highest BCUT2D eigenvalue weighted by Crippen LogP contribution is 2.28. The Kier molecular flexibility index (Phi) is 7.62. The van der Waals surface area contributed by atoms with Crippen LogP contribution in [0.5, 0.6) is 0 Å². The average Bonchev–Trinajstić information content (AvgIpc) is 3.15. The molecule has 2 N–H and O–H groups in total. The first-order chi connectivity index (χ1) is 15.6. The van der Waals surface area contributed by atoms with Crippen molar-refractivity contribution in [2.24, 2.45) is 0 Å². The minimum absolute atomic E-state index is 0.0866. The third-order valence-corrected chi connectivity index (χ3v) is 7.34. The van der Waals surface area contributed by atoms with E-state index in [-0.39, 0.29) is 10.9 Å². The molecule has 1 amide bonds.